The van der Waals surface area contributed by atoms with E-state index in [2.05, 4.69) is 45.0 Å². The number of aromatic nitrogens is 2. The molecular formula is C23H25N5O2. The Kier molecular flexibility index (Phi) is 5.90. The minimum atomic E-state index is -0.0637. The molecule has 1 aliphatic heterocycles. The molecule has 1 aliphatic rings. The summed E-state index contributed by atoms with van der Waals surface area (Å²) < 4.78 is 5.28. The molecule has 2 heterocycles. The smallest absolute Gasteiger partial charge is 0.229 e. The highest BCUT2D eigenvalue weighted by molar-refractivity contribution is 5.93. The largest absolute Gasteiger partial charge is 0.381 e. The van der Waals surface area contributed by atoms with Crippen molar-refractivity contribution in [1.82, 2.24) is 9.97 Å². The number of hydrogen-bond donors (Lipinski definition) is 3. The molecule has 4 rings (SSSR count). The summed E-state index contributed by atoms with van der Waals surface area (Å²) in [4.78, 5) is 21.1. The van der Waals surface area contributed by atoms with E-state index in [-0.39, 0.29) is 11.8 Å². The van der Waals surface area contributed by atoms with Crippen LogP contribution in [0.15, 0.2) is 54.6 Å². The van der Waals surface area contributed by atoms with Crippen molar-refractivity contribution in [1.29, 1.82) is 0 Å². The van der Waals surface area contributed by atoms with Crippen LogP contribution in [-0.2, 0) is 9.53 Å². The molecule has 30 heavy (non-hydrogen) atoms. The lowest BCUT2D eigenvalue weighted by atomic mass is 10.1. The summed E-state index contributed by atoms with van der Waals surface area (Å²) in [7, 11) is 0. The number of ether oxygens (including phenoxy) is 1. The fourth-order valence-corrected chi connectivity index (χ4v) is 3.25. The maximum absolute atomic E-state index is 12.2. The van der Waals surface area contributed by atoms with Crippen LogP contribution in [0.25, 0.3) is 0 Å². The summed E-state index contributed by atoms with van der Waals surface area (Å²) in [6, 6.07) is 17.6. The minimum Gasteiger partial charge on any atom is -0.381 e. The summed E-state index contributed by atoms with van der Waals surface area (Å²) in [6.07, 6.45) is 0.775. The van der Waals surface area contributed by atoms with Gasteiger partial charge in [-0.3, -0.25) is 4.79 Å². The van der Waals surface area contributed by atoms with Crippen LogP contribution >= 0.6 is 0 Å². The third-order valence-corrected chi connectivity index (χ3v) is 4.89. The first-order chi connectivity index (χ1) is 14.5. The molecule has 0 radical (unpaired) electrons. The van der Waals surface area contributed by atoms with Crippen molar-refractivity contribution in [2.75, 3.05) is 29.2 Å². The highest BCUT2D eigenvalue weighted by atomic mass is 16.5. The van der Waals surface area contributed by atoms with E-state index in [1.807, 2.05) is 49.4 Å². The number of nitrogens with one attached hydrogen (secondary N) is 3. The quantitative estimate of drug-likeness (QED) is 0.559. The van der Waals surface area contributed by atoms with E-state index in [1.165, 1.54) is 5.56 Å². The van der Waals surface area contributed by atoms with E-state index in [0.717, 1.165) is 29.3 Å². The van der Waals surface area contributed by atoms with Crippen molar-refractivity contribution in [3.63, 3.8) is 0 Å². The van der Waals surface area contributed by atoms with Gasteiger partial charge in [0.05, 0.1) is 12.5 Å². The summed E-state index contributed by atoms with van der Waals surface area (Å²) in [5, 5.41) is 9.54. The van der Waals surface area contributed by atoms with E-state index in [1.54, 1.807) is 0 Å². The van der Waals surface area contributed by atoms with Crippen molar-refractivity contribution < 1.29 is 9.53 Å². The molecule has 1 amide bonds. The monoisotopic (exact) mass is 403 g/mol. The Morgan fingerprint density at radius 2 is 1.47 bits per heavy atom. The maximum atomic E-state index is 12.2. The van der Waals surface area contributed by atoms with Crippen LogP contribution in [0.5, 0.6) is 0 Å². The number of anilines is 5. The molecule has 1 fully saturated rings. The van der Waals surface area contributed by atoms with Gasteiger partial charge in [-0.15, -0.1) is 0 Å². The molecule has 154 valence electrons. The summed E-state index contributed by atoms with van der Waals surface area (Å²) in [5.74, 6) is 2.02. The Morgan fingerprint density at radius 1 is 0.900 bits per heavy atom. The number of nitrogens with zero attached hydrogens (tertiary/aromatic N) is 2. The molecule has 0 aliphatic carbocycles. The molecule has 0 spiro atoms. The van der Waals surface area contributed by atoms with Gasteiger partial charge in [0.15, 0.2) is 0 Å². The van der Waals surface area contributed by atoms with Crippen molar-refractivity contribution >= 4 is 34.6 Å². The maximum Gasteiger partial charge on any atom is 0.229 e. The van der Waals surface area contributed by atoms with Gasteiger partial charge in [-0.25, -0.2) is 9.97 Å². The molecule has 7 heteroatoms. The Balaban J connectivity index is 1.41. The second-order valence-corrected chi connectivity index (χ2v) is 7.43. The highest BCUT2D eigenvalue weighted by Crippen LogP contribution is 2.22. The van der Waals surface area contributed by atoms with Gasteiger partial charge in [0.2, 0.25) is 5.91 Å². The zero-order valence-electron chi connectivity index (χ0n) is 17.1. The van der Waals surface area contributed by atoms with Gasteiger partial charge in [0.1, 0.15) is 17.5 Å². The third kappa shape index (κ3) is 5.12. The van der Waals surface area contributed by atoms with Crippen LogP contribution in [0.3, 0.4) is 0 Å². The first kappa shape index (κ1) is 19.8. The van der Waals surface area contributed by atoms with Crippen LogP contribution in [0.2, 0.25) is 0 Å². The van der Waals surface area contributed by atoms with Crippen molar-refractivity contribution in [3.8, 4) is 0 Å². The predicted molar refractivity (Wildman–Crippen MR) is 119 cm³/mol. The van der Waals surface area contributed by atoms with Gasteiger partial charge in [0.25, 0.3) is 0 Å². The lowest BCUT2D eigenvalue weighted by molar-refractivity contribution is -0.119. The van der Waals surface area contributed by atoms with Gasteiger partial charge in [0, 0.05) is 29.7 Å². The Morgan fingerprint density at radius 3 is 2.03 bits per heavy atom. The van der Waals surface area contributed by atoms with E-state index in [4.69, 9.17) is 4.74 Å². The van der Waals surface area contributed by atoms with Crippen molar-refractivity contribution in [3.05, 3.63) is 66.0 Å². The van der Waals surface area contributed by atoms with Gasteiger partial charge in [-0.2, -0.15) is 0 Å². The average Bonchev–Trinajstić information content (AvgIpc) is 3.26. The number of carbonyl (C=O) groups is 1. The molecule has 1 atom stereocenters. The van der Waals surface area contributed by atoms with Crippen molar-refractivity contribution in [2.24, 2.45) is 5.92 Å². The number of hydrogen-bond acceptors (Lipinski definition) is 6. The number of benzene rings is 2. The molecule has 2 aromatic carbocycles. The molecule has 0 bridgehead atoms. The standard InChI is InChI=1S/C23H25N5O2/c1-15-3-5-18(6-4-15)26-21-13-22(25-16(2)24-21)27-19-7-9-20(10-8-19)28-23(29)17-11-12-30-14-17/h3-10,13,17H,11-12,14H2,1-2H3,(H,28,29)(H2,24,25,26,27). The van der Waals surface area contributed by atoms with Crippen LogP contribution in [0, 0.1) is 19.8 Å². The van der Waals surface area contributed by atoms with E-state index in [0.29, 0.717) is 24.9 Å². The molecule has 0 saturated carbocycles. The Labute approximate surface area is 175 Å². The van der Waals surface area contributed by atoms with Gasteiger partial charge >= 0.3 is 0 Å². The Hall–Kier alpha value is -3.45. The summed E-state index contributed by atoms with van der Waals surface area (Å²) in [6.45, 7) is 5.06. The number of aryl methyl sites for hydroxylation is 2. The summed E-state index contributed by atoms with van der Waals surface area (Å²) >= 11 is 0. The molecule has 3 N–H and O–H groups in total. The van der Waals surface area contributed by atoms with Crippen LogP contribution in [0.4, 0.5) is 28.7 Å². The molecular weight excluding hydrogens is 378 g/mol. The Bertz CT molecular complexity index is 1010. The third-order valence-electron chi connectivity index (χ3n) is 4.89. The van der Waals surface area contributed by atoms with E-state index < -0.39 is 0 Å². The van der Waals surface area contributed by atoms with Crippen LogP contribution in [-0.4, -0.2) is 29.1 Å². The first-order valence-electron chi connectivity index (χ1n) is 10.0. The highest BCUT2D eigenvalue weighted by Gasteiger charge is 2.23. The lowest BCUT2D eigenvalue weighted by Gasteiger charge is -2.12. The topological polar surface area (TPSA) is 88.2 Å². The van der Waals surface area contributed by atoms with E-state index >= 15 is 0 Å². The average molecular weight is 403 g/mol. The second kappa shape index (κ2) is 8.92. The number of carbonyl (C=O) groups excluding carboxylic acids is 1. The minimum absolute atomic E-state index is 0.00598. The predicted octanol–water partition coefficient (Wildman–Crippen LogP) is 4.56. The van der Waals surface area contributed by atoms with Gasteiger partial charge in [-0.1, -0.05) is 17.7 Å². The number of rotatable bonds is 6. The molecule has 1 saturated heterocycles. The molecule has 3 aromatic rings. The normalized spacial score (nSPS) is 15.6. The SMILES string of the molecule is Cc1ccc(Nc2cc(Nc3ccc(NC(=O)C4CCOC4)cc3)nc(C)n2)cc1. The fourth-order valence-electron chi connectivity index (χ4n) is 3.25. The molecule has 7 nitrogen and oxygen atoms in total. The zero-order chi connectivity index (χ0) is 20.9. The molecule has 1 aromatic heterocycles. The second-order valence-electron chi connectivity index (χ2n) is 7.43. The zero-order valence-corrected chi connectivity index (χ0v) is 17.1. The number of amides is 1. The fraction of sp³-hybridized carbons (Fsp3) is 0.261. The van der Waals surface area contributed by atoms with Crippen LogP contribution < -0.4 is 16.0 Å². The van der Waals surface area contributed by atoms with Gasteiger partial charge in [-0.05, 0) is 56.7 Å². The first-order valence-corrected chi connectivity index (χ1v) is 10.0. The van der Waals surface area contributed by atoms with E-state index in [9.17, 15) is 4.79 Å². The van der Waals surface area contributed by atoms with Gasteiger partial charge < -0.3 is 20.7 Å². The summed E-state index contributed by atoms with van der Waals surface area (Å²) in [5.41, 5.74) is 3.81. The molecule has 1 unspecified atom stereocenters. The van der Waals surface area contributed by atoms with Crippen LogP contribution in [0.1, 0.15) is 17.8 Å². The lowest BCUT2D eigenvalue weighted by Crippen LogP contribution is -2.22. The van der Waals surface area contributed by atoms with Crippen molar-refractivity contribution in [2.45, 2.75) is 20.3 Å².